The molecule has 1 N–H and O–H groups in total. The summed E-state index contributed by atoms with van der Waals surface area (Å²) < 4.78 is 4.39. The molecular formula is C9H14O5. The molecule has 0 saturated heterocycles. The number of rotatable bonds is 5. The van der Waals surface area contributed by atoms with Crippen molar-refractivity contribution >= 4 is 17.5 Å². The summed E-state index contributed by atoms with van der Waals surface area (Å²) >= 11 is 0. The lowest BCUT2D eigenvalue weighted by molar-refractivity contribution is -0.155. The van der Waals surface area contributed by atoms with Crippen LogP contribution in [0.4, 0.5) is 0 Å². The van der Waals surface area contributed by atoms with Gasteiger partial charge in [0.15, 0.2) is 5.78 Å². The van der Waals surface area contributed by atoms with E-state index in [1.807, 2.05) is 0 Å². The van der Waals surface area contributed by atoms with Crippen LogP contribution in [0.5, 0.6) is 0 Å². The second-order valence-electron chi connectivity index (χ2n) is 3.30. The van der Waals surface area contributed by atoms with E-state index < -0.39 is 29.6 Å². The van der Waals surface area contributed by atoms with E-state index in [-0.39, 0.29) is 6.61 Å². The van der Waals surface area contributed by atoms with Gasteiger partial charge in [-0.05, 0) is 20.8 Å². The topological polar surface area (TPSA) is 80.7 Å². The molecule has 0 saturated carbocycles. The zero-order valence-electron chi connectivity index (χ0n) is 8.49. The molecule has 0 unspecified atom stereocenters. The molecule has 0 aromatic rings. The molecule has 14 heavy (non-hydrogen) atoms. The Labute approximate surface area is 82.1 Å². The Kier molecular flexibility index (Phi) is 4.43. The number of ketones is 2. The number of esters is 1. The van der Waals surface area contributed by atoms with E-state index in [0.717, 1.165) is 0 Å². The molecule has 80 valence electrons. The van der Waals surface area contributed by atoms with Gasteiger partial charge in [0.05, 0.1) is 13.0 Å². The van der Waals surface area contributed by atoms with Crippen molar-refractivity contribution in [3.63, 3.8) is 0 Å². The van der Waals surface area contributed by atoms with Gasteiger partial charge in [-0.1, -0.05) is 0 Å². The highest BCUT2D eigenvalue weighted by Crippen LogP contribution is 2.06. The van der Waals surface area contributed by atoms with Crippen molar-refractivity contribution in [2.75, 3.05) is 6.61 Å². The van der Waals surface area contributed by atoms with Crippen molar-refractivity contribution in [3.05, 3.63) is 0 Å². The molecule has 5 nitrogen and oxygen atoms in total. The van der Waals surface area contributed by atoms with Crippen molar-refractivity contribution < 1.29 is 24.2 Å². The van der Waals surface area contributed by atoms with E-state index in [1.165, 1.54) is 13.8 Å². The first-order valence-corrected chi connectivity index (χ1v) is 4.24. The molecule has 0 rings (SSSR count). The average Bonchev–Trinajstić information content (AvgIpc) is 2.02. The summed E-state index contributed by atoms with van der Waals surface area (Å²) in [6, 6.07) is 0. The second-order valence-corrected chi connectivity index (χ2v) is 3.30. The third-order valence-electron chi connectivity index (χ3n) is 1.51. The largest absolute Gasteiger partial charge is 0.460 e. The summed E-state index contributed by atoms with van der Waals surface area (Å²) in [6.45, 7) is 4.16. The Morgan fingerprint density at radius 3 is 2.14 bits per heavy atom. The van der Waals surface area contributed by atoms with Crippen molar-refractivity contribution in [1.29, 1.82) is 0 Å². The average molecular weight is 202 g/mol. The quantitative estimate of drug-likeness (QED) is 0.381. The summed E-state index contributed by atoms with van der Waals surface area (Å²) in [5.74, 6) is -2.67. The number of ether oxygens (including phenoxy) is 1. The van der Waals surface area contributed by atoms with Gasteiger partial charge >= 0.3 is 5.97 Å². The number of Topliss-reactive ketones (excluding diaryl/α,β-unsaturated/α-hetero) is 2. The molecule has 0 aromatic carbocycles. The van der Waals surface area contributed by atoms with Gasteiger partial charge in [0.25, 0.3) is 0 Å². The van der Waals surface area contributed by atoms with Crippen LogP contribution in [0.25, 0.3) is 0 Å². The fourth-order valence-electron chi connectivity index (χ4n) is 0.646. The first-order chi connectivity index (χ1) is 6.29. The number of hydrogen-bond acceptors (Lipinski definition) is 5. The maximum absolute atomic E-state index is 11.1. The zero-order chi connectivity index (χ0) is 11.4. The lowest BCUT2D eigenvalue weighted by Gasteiger charge is -2.13. The smallest absolute Gasteiger partial charge is 0.375 e. The summed E-state index contributed by atoms with van der Waals surface area (Å²) in [7, 11) is 0. The fraction of sp³-hybridized carbons (Fsp3) is 0.667. The maximum atomic E-state index is 11.1. The molecule has 0 atom stereocenters. The van der Waals surface area contributed by atoms with Crippen molar-refractivity contribution in [2.45, 2.75) is 32.8 Å². The van der Waals surface area contributed by atoms with Crippen molar-refractivity contribution in [1.82, 2.24) is 0 Å². The first-order valence-electron chi connectivity index (χ1n) is 4.24. The molecule has 0 bridgehead atoms. The third-order valence-corrected chi connectivity index (χ3v) is 1.51. The summed E-state index contributed by atoms with van der Waals surface area (Å²) in [6.07, 6.45) is -0.623. The molecule has 0 amide bonds. The molecule has 0 radical (unpaired) electrons. The van der Waals surface area contributed by atoms with Gasteiger partial charge in [-0.2, -0.15) is 0 Å². The Balaban J connectivity index is 4.21. The van der Waals surface area contributed by atoms with Crippen LogP contribution in [0.1, 0.15) is 27.2 Å². The van der Waals surface area contributed by atoms with Gasteiger partial charge in [-0.15, -0.1) is 0 Å². The third kappa shape index (κ3) is 4.13. The maximum Gasteiger partial charge on any atom is 0.375 e. The van der Waals surface area contributed by atoms with Crippen LogP contribution in [0, 0.1) is 0 Å². The number of carbonyl (C=O) groups is 3. The van der Waals surface area contributed by atoms with E-state index in [0.29, 0.717) is 0 Å². The highest BCUT2D eigenvalue weighted by molar-refractivity contribution is 6.37. The molecule has 0 aliphatic rings. The molecule has 0 aliphatic heterocycles. The van der Waals surface area contributed by atoms with Crippen molar-refractivity contribution in [2.24, 2.45) is 0 Å². The molecule has 0 aliphatic carbocycles. The van der Waals surface area contributed by atoms with Gasteiger partial charge in [0, 0.05) is 0 Å². The lowest BCUT2D eigenvalue weighted by atomic mass is 9.99. The lowest BCUT2D eigenvalue weighted by Crippen LogP contribution is -2.34. The summed E-state index contributed by atoms with van der Waals surface area (Å²) in [4.78, 5) is 32.9. The monoisotopic (exact) mass is 202 g/mol. The van der Waals surface area contributed by atoms with Gasteiger partial charge < -0.3 is 9.84 Å². The predicted octanol–water partition coefficient (Wildman–Crippen LogP) is -0.151. The minimum Gasteiger partial charge on any atom is -0.460 e. The number of aliphatic hydroxyl groups is 1. The number of carbonyl (C=O) groups excluding carboxylic acids is 3. The highest BCUT2D eigenvalue weighted by Gasteiger charge is 2.28. The van der Waals surface area contributed by atoms with Crippen LogP contribution in [0.15, 0.2) is 0 Å². The van der Waals surface area contributed by atoms with Crippen LogP contribution in [-0.2, 0) is 19.1 Å². The zero-order valence-corrected chi connectivity index (χ0v) is 8.49. The first kappa shape index (κ1) is 12.8. The van der Waals surface area contributed by atoms with E-state index in [1.54, 1.807) is 6.92 Å². The van der Waals surface area contributed by atoms with Gasteiger partial charge in [0.2, 0.25) is 5.78 Å². The van der Waals surface area contributed by atoms with Gasteiger partial charge in [-0.25, -0.2) is 4.79 Å². The van der Waals surface area contributed by atoms with Crippen LogP contribution in [0.3, 0.4) is 0 Å². The van der Waals surface area contributed by atoms with E-state index in [4.69, 9.17) is 0 Å². The molecule has 0 aromatic heterocycles. The van der Waals surface area contributed by atoms with Crippen LogP contribution >= 0.6 is 0 Å². The van der Waals surface area contributed by atoms with E-state index in [2.05, 4.69) is 4.74 Å². The molecule has 0 heterocycles. The predicted molar refractivity (Wildman–Crippen MR) is 47.6 cm³/mol. The van der Waals surface area contributed by atoms with Gasteiger partial charge in [-0.3, -0.25) is 9.59 Å². The highest BCUT2D eigenvalue weighted by atomic mass is 16.5. The SMILES string of the molecule is CCOC(=O)C(=O)CC(=O)C(C)(C)O. The van der Waals surface area contributed by atoms with E-state index in [9.17, 15) is 19.5 Å². The Morgan fingerprint density at radius 1 is 1.29 bits per heavy atom. The summed E-state index contributed by atoms with van der Waals surface area (Å²) in [5, 5.41) is 9.19. The van der Waals surface area contributed by atoms with Gasteiger partial charge in [0.1, 0.15) is 5.60 Å². The molecule has 0 fully saturated rings. The minimum absolute atomic E-state index is 0.0846. The standard InChI is InChI=1S/C9H14O5/c1-4-14-8(12)6(10)5-7(11)9(2,3)13/h13H,4-5H2,1-3H3. The minimum atomic E-state index is -1.60. The Morgan fingerprint density at radius 2 is 1.79 bits per heavy atom. The Hall–Kier alpha value is -1.23. The second kappa shape index (κ2) is 4.85. The van der Waals surface area contributed by atoms with Crippen LogP contribution < -0.4 is 0 Å². The van der Waals surface area contributed by atoms with Crippen LogP contribution in [-0.4, -0.2) is 34.9 Å². The van der Waals surface area contributed by atoms with Crippen molar-refractivity contribution in [3.8, 4) is 0 Å². The summed E-state index contributed by atoms with van der Waals surface area (Å²) in [5.41, 5.74) is -1.60. The molecule has 0 spiro atoms. The number of hydrogen-bond donors (Lipinski definition) is 1. The Bertz CT molecular complexity index is 248. The van der Waals surface area contributed by atoms with E-state index >= 15 is 0 Å². The molecule has 5 heteroatoms. The normalized spacial score (nSPS) is 10.9. The van der Waals surface area contributed by atoms with Crippen LogP contribution in [0.2, 0.25) is 0 Å². The fourth-order valence-corrected chi connectivity index (χ4v) is 0.646. The molecular weight excluding hydrogens is 188 g/mol.